The Morgan fingerprint density at radius 2 is 1.95 bits per heavy atom. The number of para-hydroxylation sites is 1. The van der Waals surface area contributed by atoms with Gasteiger partial charge in [0.05, 0.1) is 6.61 Å². The largest absolute Gasteiger partial charge is 0.493 e. The highest BCUT2D eigenvalue weighted by Crippen LogP contribution is 2.34. The van der Waals surface area contributed by atoms with Crippen LogP contribution in [0.4, 0.5) is 0 Å². The van der Waals surface area contributed by atoms with Crippen LogP contribution >= 0.6 is 0 Å². The smallest absolute Gasteiger partial charge is 0.169 e. The van der Waals surface area contributed by atoms with E-state index >= 15 is 0 Å². The second kappa shape index (κ2) is 7.62. The van der Waals surface area contributed by atoms with Crippen molar-refractivity contribution in [2.45, 2.75) is 33.1 Å². The first-order valence-corrected chi connectivity index (χ1v) is 7.44. The summed E-state index contributed by atoms with van der Waals surface area (Å²) in [7, 11) is 0. The van der Waals surface area contributed by atoms with Crippen LogP contribution in [0.2, 0.25) is 0 Å². The quantitative estimate of drug-likeness (QED) is 0.779. The number of rotatable bonds is 7. The number of fused-ring (bicyclic) bond motifs is 1. The van der Waals surface area contributed by atoms with Gasteiger partial charge in [0, 0.05) is 37.3 Å². The number of nitrogens with one attached hydrogen (secondary N) is 1. The van der Waals surface area contributed by atoms with Crippen LogP contribution < -0.4 is 10.1 Å². The Labute approximate surface area is 121 Å². The van der Waals surface area contributed by atoms with Crippen molar-refractivity contribution in [2.24, 2.45) is 5.92 Å². The molecule has 112 valence electrons. The topological polar surface area (TPSA) is 39.7 Å². The van der Waals surface area contributed by atoms with Crippen molar-refractivity contribution in [3.8, 4) is 5.75 Å². The van der Waals surface area contributed by atoms with E-state index in [0.717, 1.165) is 12.4 Å². The zero-order chi connectivity index (χ0) is 14.4. The van der Waals surface area contributed by atoms with Gasteiger partial charge in [-0.05, 0) is 19.9 Å². The fourth-order valence-corrected chi connectivity index (χ4v) is 2.56. The van der Waals surface area contributed by atoms with Gasteiger partial charge in [0.1, 0.15) is 5.75 Å². The van der Waals surface area contributed by atoms with Crippen molar-refractivity contribution >= 4 is 0 Å². The lowest BCUT2D eigenvalue weighted by atomic mass is 9.92. The minimum atomic E-state index is -0.188. The first kappa shape index (κ1) is 15.3. The minimum absolute atomic E-state index is 0.188. The van der Waals surface area contributed by atoms with Gasteiger partial charge >= 0.3 is 0 Å². The Bertz CT molecular complexity index is 404. The molecule has 1 aliphatic heterocycles. The van der Waals surface area contributed by atoms with Gasteiger partial charge in [0.2, 0.25) is 0 Å². The summed E-state index contributed by atoms with van der Waals surface area (Å²) in [5.74, 6) is 1.40. The fourth-order valence-electron chi connectivity index (χ4n) is 2.56. The fraction of sp³-hybridized carbons (Fsp3) is 0.625. The lowest BCUT2D eigenvalue weighted by molar-refractivity contribution is -0.134. The van der Waals surface area contributed by atoms with Gasteiger partial charge in [-0.1, -0.05) is 25.1 Å². The molecule has 1 heterocycles. The Kier molecular flexibility index (Phi) is 5.83. The summed E-state index contributed by atoms with van der Waals surface area (Å²) in [4.78, 5) is 0. The molecule has 0 saturated heterocycles. The Balaban J connectivity index is 2.00. The van der Waals surface area contributed by atoms with Crippen molar-refractivity contribution in [3.05, 3.63) is 29.8 Å². The van der Waals surface area contributed by atoms with Crippen molar-refractivity contribution < 1.29 is 14.2 Å². The van der Waals surface area contributed by atoms with E-state index in [1.807, 2.05) is 26.0 Å². The van der Waals surface area contributed by atoms with Crippen LogP contribution in [0.5, 0.6) is 5.75 Å². The van der Waals surface area contributed by atoms with Crippen molar-refractivity contribution in [1.29, 1.82) is 0 Å². The molecule has 0 fully saturated rings. The highest BCUT2D eigenvalue weighted by atomic mass is 16.7. The minimum Gasteiger partial charge on any atom is -0.493 e. The molecular formula is C16H25NO3. The molecule has 0 amide bonds. The van der Waals surface area contributed by atoms with E-state index in [-0.39, 0.29) is 12.3 Å². The van der Waals surface area contributed by atoms with Crippen LogP contribution in [0.25, 0.3) is 0 Å². The van der Waals surface area contributed by atoms with Gasteiger partial charge in [-0.3, -0.25) is 0 Å². The molecule has 1 aromatic rings. The van der Waals surface area contributed by atoms with E-state index in [2.05, 4.69) is 24.4 Å². The average molecular weight is 279 g/mol. The highest BCUT2D eigenvalue weighted by molar-refractivity contribution is 5.37. The molecule has 0 bridgehead atoms. The second-order valence-electron chi connectivity index (χ2n) is 5.05. The Hall–Kier alpha value is -1.10. The van der Waals surface area contributed by atoms with Gasteiger partial charge in [-0.25, -0.2) is 0 Å². The molecule has 2 unspecified atom stereocenters. The summed E-state index contributed by atoms with van der Waals surface area (Å²) in [5.41, 5.74) is 1.22. The maximum absolute atomic E-state index is 5.77. The number of hydrogen-bond acceptors (Lipinski definition) is 4. The van der Waals surface area contributed by atoms with Crippen LogP contribution in [0, 0.1) is 5.92 Å². The first-order chi connectivity index (χ1) is 9.76. The van der Waals surface area contributed by atoms with E-state index in [0.29, 0.717) is 25.7 Å². The number of hydrogen-bond donors (Lipinski definition) is 1. The molecule has 4 heteroatoms. The molecule has 0 aliphatic carbocycles. The van der Waals surface area contributed by atoms with Crippen LogP contribution in [0.3, 0.4) is 0 Å². The van der Waals surface area contributed by atoms with Crippen LogP contribution in [0.1, 0.15) is 32.4 Å². The third kappa shape index (κ3) is 3.72. The van der Waals surface area contributed by atoms with Crippen LogP contribution in [-0.2, 0) is 9.47 Å². The summed E-state index contributed by atoms with van der Waals surface area (Å²) >= 11 is 0. The highest BCUT2D eigenvalue weighted by Gasteiger charge is 2.27. The number of ether oxygens (including phenoxy) is 3. The molecule has 20 heavy (non-hydrogen) atoms. The molecule has 0 radical (unpaired) electrons. The van der Waals surface area contributed by atoms with Crippen LogP contribution in [-0.4, -0.2) is 32.7 Å². The lowest BCUT2D eigenvalue weighted by Gasteiger charge is -2.33. The summed E-state index contributed by atoms with van der Waals surface area (Å²) < 4.78 is 16.9. The molecule has 1 aliphatic rings. The van der Waals surface area contributed by atoms with Crippen molar-refractivity contribution in [3.63, 3.8) is 0 Å². The van der Waals surface area contributed by atoms with Gasteiger partial charge in [0.25, 0.3) is 0 Å². The summed E-state index contributed by atoms with van der Waals surface area (Å²) in [6.07, 6.45) is -0.188. The molecule has 0 aromatic heterocycles. The van der Waals surface area contributed by atoms with Crippen LogP contribution in [0.15, 0.2) is 24.3 Å². The maximum atomic E-state index is 5.77. The molecule has 4 nitrogen and oxygen atoms in total. The van der Waals surface area contributed by atoms with E-state index in [9.17, 15) is 0 Å². The maximum Gasteiger partial charge on any atom is 0.169 e. The second-order valence-corrected chi connectivity index (χ2v) is 5.05. The lowest BCUT2D eigenvalue weighted by Crippen LogP contribution is -2.39. The molecule has 0 saturated carbocycles. The molecule has 1 aromatic carbocycles. The third-order valence-corrected chi connectivity index (χ3v) is 3.53. The zero-order valence-corrected chi connectivity index (χ0v) is 12.6. The monoisotopic (exact) mass is 279 g/mol. The van der Waals surface area contributed by atoms with Crippen molar-refractivity contribution in [1.82, 2.24) is 5.32 Å². The Morgan fingerprint density at radius 3 is 2.65 bits per heavy atom. The predicted molar refractivity (Wildman–Crippen MR) is 78.9 cm³/mol. The normalized spacial score (nSPS) is 21.6. The molecule has 0 spiro atoms. The first-order valence-electron chi connectivity index (χ1n) is 7.44. The molecule has 2 rings (SSSR count). The van der Waals surface area contributed by atoms with Gasteiger partial charge in [-0.15, -0.1) is 0 Å². The SMILES string of the molecule is CCOC(CNC1c2ccccc2OCC1C)OCC. The predicted octanol–water partition coefficient (Wildman–Crippen LogP) is 2.74. The summed E-state index contributed by atoms with van der Waals surface area (Å²) in [6.45, 7) is 8.91. The zero-order valence-electron chi connectivity index (χ0n) is 12.6. The molecule has 2 atom stereocenters. The molecule has 1 N–H and O–H groups in total. The Morgan fingerprint density at radius 1 is 1.25 bits per heavy atom. The van der Waals surface area contributed by atoms with E-state index in [1.54, 1.807) is 0 Å². The average Bonchev–Trinajstić information content (AvgIpc) is 2.46. The van der Waals surface area contributed by atoms with E-state index < -0.39 is 0 Å². The summed E-state index contributed by atoms with van der Waals surface area (Å²) in [6, 6.07) is 8.49. The van der Waals surface area contributed by atoms with Gasteiger partial charge in [0.15, 0.2) is 6.29 Å². The van der Waals surface area contributed by atoms with Gasteiger partial charge in [-0.2, -0.15) is 0 Å². The van der Waals surface area contributed by atoms with Gasteiger partial charge < -0.3 is 19.5 Å². The third-order valence-electron chi connectivity index (χ3n) is 3.53. The van der Waals surface area contributed by atoms with E-state index in [4.69, 9.17) is 14.2 Å². The molecular weight excluding hydrogens is 254 g/mol. The summed E-state index contributed by atoms with van der Waals surface area (Å²) in [5, 5.41) is 3.57. The standard InChI is InChI=1S/C16H25NO3/c1-4-18-15(19-5-2)10-17-16-12(3)11-20-14-9-7-6-8-13(14)16/h6-9,12,15-17H,4-5,10-11H2,1-3H3. The van der Waals surface area contributed by atoms with E-state index in [1.165, 1.54) is 5.56 Å². The number of benzene rings is 1. The van der Waals surface area contributed by atoms with Crippen molar-refractivity contribution in [2.75, 3.05) is 26.4 Å².